The van der Waals surface area contributed by atoms with Gasteiger partial charge in [0.2, 0.25) is 0 Å². The van der Waals surface area contributed by atoms with Gasteiger partial charge >= 0.3 is 0 Å². The zero-order valence-corrected chi connectivity index (χ0v) is 10.7. The Balaban J connectivity index is 2.60. The molecule has 0 radical (unpaired) electrons. The van der Waals surface area contributed by atoms with Gasteiger partial charge in [-0.1, -0.05) is 18.5 Å². The third kappa shape index (κ3) is 2.48. The van der Waals surface area contributed by atoms with Crippen LogP contribution in [0.25, 0.3) is 11.4 Å². The predicted octanol–water partition coefficient (Wildman–Crippen LogP) is 3.95. The molecule has 0 aliphatic heterocycles. The van der Waals surface area contributed by atoms with Crippen LogP contribution in [0.4, 0.5) is 8.78 Å². The highest BCUT2D eigenvalue weighted by Gasteiger charge is 2.11. The zero-order valence-electron chi connectivity index (χ0n) is 9.97. The molecule has 5 heteroatoms. The van der Waals surface area contributed by atoms with Crippen molar-refractivity contribution in [1.29, 1.82) is 0 Å². The lowest BCUT2D eigenvalue weighted by molar-refractivity contribution is 0.584. The third-order valence-electron chi connectivity index (χ3n) is 2.64. The van der Waals surface area contributed by atoms with E-state index in [1.807, 2.05) is 13.8 Å². The second-order valence-electron chi connectivity index (χ2n) is 3.92. The predicted molar refractivity (Wildman–Crippen MR) is 66.5 cm³/mol. The molecule has 0 fully saturated rings. The van der Waals surface area contributed by atoms with E-state index in [0.717, 1.165) is 17.3 Å². The molecular weight excluding hydrogens is 258 g/mol. The van der Waals surface area contributed by atoms with Crippen molar-refractivity contribution in [3.05, 3.63) is 46.2 Å². The molecule has 0 saturated heterocycles. The number of hydrogen-bond donors (Lipinski definition) is 0. The lowest BCUT2D eigenvalue weighted by atomic mass is 10.1. The van der Waals surface area contributed by atoms with Gasteiger partial charge in [0.15, 0.2) is 5.82 Å². The van der Waals surface area contributed by atoms with Gasteiger partial charge in [0.25, 0.3) is 0 Å². The minimum Gasteiger partial charge on any atom is -0.233 e. The number of nitrogens with zero attached hydrogens (tertiary/aromatic N) is 2. The summed E-state index contributed by atoms with van der Waals surface area (Å²) in [4.78, 5) is 8.33. The second kappa shape index (κ2) is 4.98. The zero-order chi connectivity index (χ0) is 13.3. The molecule has 18 heavy (non-hydrogen) atoms. The molecule has 0 unspecified atom stereocenters. The van der Waals surface area contributed by atoms with Gasteiger partial charge in [-0.3, -0.25) is 0 Å². The molecule has 2 rings (SSSR count). The molecule has 2 aromatic rings. The summed E-state index contributed by atoms with van der Waals surface area (Å²) < 4.78 is 26.3. The fourth-order valence-corrected chi connectivity index (χ4v) is 1.88. The highest BCUT2D eigenvalue weighted by Crippen LogP contribution is 2.23. The van der Waals surface area contributed by atoms with Gasteiger partial charge in [-0.15, -0.1) is 0 Å². The van der Waals surface area contributed by atoms with Crippen molar-refractivity contribution in [3.63, 3.8) is 0 Å². The smallest absolute Gasteiger partial charge is 0.161 e. The van der Waals surface area contributed by atoms with Crippen molar-refractivity contribution < 1.29 is 8.78 Å². The summed E-state index contributed by atoms with van der Waals surface area (Å²) in [6.45, 7) is 3.75. The first-order chi connectivity index (χ1) is 8.51. The second-order valence-corrected chi connectivity index (χ2v) is 4.28. The normalized spacial score (nSPS) is 10.7. The Morgan fingerprint density at radius 3 is 2.28 bits per heavy atom. The maximum absolute atomic E-state index is 13.1. The van der Waals surface area contributed by atoms with Gasteiger partial charge < -0.3 is 0 Å². The largest absolute Gasteiger partial charge is 0.233 e. The Bertz CT molecular complexity index is 580. The quantitative estimate of drug-likeness (QED) is 0.771. The molecule has 1 heterocycles. The molecule has 0 aliphatic rings. The third-order valence-corrected chi connectivity index (χ3v) is 3.01. The molecule has 0 saturated carbocycles. The summed E-state index contributed by atoms with van der Waals surface area (Å²) in [5.41, 5.74) is 1.85. The van der Waals surface area contributed by atoms with Crippen LogP contribution in [0.1, 0.15) is 18.2 Å². The van der Waals surface area contributed by atoms with Gasteiger partial charge in [0, 0.05) is 22.9 Å². The van der Waals surface area contributed by atoms with Crippen LogP contribution in [-0.2, 0) is 6.42 Å². The lowest BCUT2D eigenvalue weighted by Gasteiger charge is -2.08. The summed E-state index contributed by atoms with van der Waals surface area (Å²) >= 11 is 5.99. The Hall–Kier alpha value is -1.55. The van der Waals surface area contributed by atoms with Gasteiger partial charge in [-0.25, -0.2) is 18.7 Å². The summed E-state index contributed by atoms with van der Waals surface area (Å²) in [7, 11) is 0. The average Bonchev–Trinajstić information content (AvgIpc) is 2.31. The monoisotopic (exact) mass is 268 g/mol. The standard InChI is InChI=1S/C13H11ClF2N2/c1-3-11-7(2)12(14)18-13(17-11)8-4-9(15)6-10(16)5-8/h4-6H,3H2,1-2H3. The van der Waals surface area contributed by atoms with Crippen molar-refractivity contribution in [2.45, 2.75) is 20.3 Å². The number of halogens is 3. The summed E-state index contributed by atoms with van der Waals surface area (Å²) in [5.74, 6) is -1.09. The highest BCUT2D eigenvalue weighted by atomic mass is 35.5. The fraction of sp³-hybridized carbons (Fsp3) is 0.231. The molecule has 0 amide bonds. The molecule has 0 atom stereocenters. The van der Waals surface area contributed by atoms with Gasteiger partial charge in [-0.2, -0.15) is 0 Å². The summed E-state index contributed by atoms with van der Waals surface area (Å²) in [6.07, 6.45) is 0.679. The van der Waals surface area contributed by atoms with E-state index >= 15 is 0 Å². The average molecular weight is 269 g/mol. The molecule has 0 spiro atoms. The molecule has 1 aromatic carbocycles. The maximum Gasteiger partial charge on any atom is 0.161 e. The highest BCUT2D eigenvalue weighted by molar-refractivity contribution is 6.30. The van der Waals surface area contributed by atoms with E-state index in [9.17, 15) is 8.78 Å². The van der Waals surface area contributed by atoms with Gasteiger partial charge in [0.1, 0.15) is 16.8 Å². The Kier molecular flexibility index (Phi) is 3.57. The van der Waals surface area contributed by atoms with Crippen molar-refractivity contribution in [1.82, 2.24) is 9.97 Å². The summed E-state index contributed by atoms with van der Waals surface area (Å²) in [6, 6.07) is 3.17. The van der Waals surface area contributed by atoms with Gasteiger partial charge in [-0.05, 0) is 25.5 Å². The van der Waals surface area contributed by atoms with Crippen LogP contribution >= 0.6 is 11.6 Å². The minimum absolute atomic E-state index is 0.237. The SMILES string of the molecule is CCc1nc(-c2cc(F)cc(F)c2)nc(Cl)c1C. The number of aryl methyl sites for hydroxylation is 1. The van der Waals surface area contributed by atoms with Crippen LogP contribution < -0.4 is 0 Å². The maximum atomic E-state index is 13.1. The molecule has 0 N–H and O–H groups in total. The van der Waals surface area contributed by atoms with Crippen molar-refractivity contribution in [2.75, 3.05) is 0 Å². The van der Waals surface area contributed by atoms with Crippen molar-refractivity contribution >= 4 is 11.6 Å². The Morgan fingerprint density at radius 2 is 1.72 bits per heavy atom. The van der Waals surface area contributed by atoms with Crippen LogP contribution in [0.3, 0.4) is 0 Å². The Labute approximate surface area is 109 Å². The van der Waals surface area contributed by atoms with E-state index in [-0.39, 0.29) is 11.4 Å². The number of aromatic nitrogens is 2. The first-order valence-electron chi connectivity index (χ1n) is 5.50. The molecular formula is C13H11ClF2N2. The van der Waals surface area contributed by atoms with E-state index in [4.69, 9.17) is 11.6 Å². The fourth-order valence-electron chi connectivity index (χ4n) is 1.69. The first kappa shape index (κ1) is 12.9. The Morgan fingerprint density at radius 1 is 1.11 bits per heavy atom. The van der Waals surface area contributed by atoms with E-state index in [1.165, 1.54) is 12.1 Å². The summed E-state index contributed by atoms with van der Waals surface area (Å²) in [5, 5.41) is 0.307. The molecule has 94 valence electrons. The van der Waals surface area contributed by atoms with E-state index in [1.54, 1.807) is 0 Å². The molecule has 2 nitrogen and oxygen atoms in total. The minimum atomic E-state index is -0.664. The van der Waals surface area contributed by atoms with Crippen LogP contribution in [0.5, 0.6) is 0 Å². The number of rotatable bonds is 2. The van der Waals surface area contributed by atoms with Gasteiger partial charge in [0.05, 0.1) is 0 Å². The van der Waals surface area contributed by atoms with Crippen LogP contribution in [0, 0.1) is 18.6 Å². The number of hydrogen-bond acceptors (Lipinski definition) is 2. The van der Waals surface area contributed by atoms with E-state index in [0.29, 0.717) is 11.6 Å². The topological polar surface area (TPSA) is 25.8 Å². The van der Waals surface area contributed by atoms with Crippen LogP contribution in [-0.4, -0.2) is 9.97 Å². The lowest BCUT2D eigenvalue weighted by Crippen LogP contribution is -2.00. The van der Waals surface area contributed by atoms with Crippen LogP contribution in [0.2, 0.25) is 5.15 Å². The van der Waals surface area contributed by atoms with Crippen molar-refractivity contribution in [2.24, 2.45) is 0 Å². The molecule has 0 bridgehead atoms. The van der Waals surface area contributed by atoms with E-state index in [2.05, 4.69) is 9.97 Å². The molecule has 1 aromatic heterocycles. The molecule has 0 aliphatic carbocycles. The first-order valence-corrected chi connectivity index (χ1v) is 5.88. The van der Waals surface area contributed by atoms with E-state index < -0.39 is 11.6 Å². The number of benzene rings is 1. The van der Waals surface area contributed by atoms with Crippen molar-refractivity contribution in [3.8, 4) is 11.4 Å². The van der Waals surface area contributed by atoms with Crippen LogP contribution in [0.15, 0.2) is 18.2 Å².